The summed E-state index contributed by atoms with van der Waals surface area (Å²) in [6.07, 6.45) is 0.648. The van der Waals surface area contributed by atoms with Crippen molar-refractivity contribution in [1.82, 2.24) is 10.2 Å². The summed E-state index contributed by atoms with van der Waals surface area (Å²) in [6, 6.07) is 10.1. The fourth-order valence-electron chi connectivity index (χ4n) is 2.67. The number of carbonyl (C=O) groups excluding carboxylic acids is 2. The van der Waals surface area contributed by atoms with Gasteiger partial charge in [-0.2, -0.15) is 0 Å². The second-order valence-electron chi connectivity index (χ2n) is 6.28. The lowest BCUT2D eigenvalue weighted by Gasteiger charge is -2.27. The third-order valence-corrected chi connectivity index (χ3v) is 4.15. The molecule has 1 aliphatic rings. The number of nitrogens with one attached hydrogen (secondary N) is 1. The van der Waals surface area contributed by atoms with Crippen molar-refractivity contribution in [3.63, 3.8) is 0 Å². The molecule has 0 saturated heterocycles. The Morgan fingerprint density at radius 1 is 1.26 bits per heavy atom. The Kier molecular flexibility index (Phi) is 6.16. The average molecular weight is 318 g/mol. The molecule has 2 rings (SSSR count). The van der Waals surface area contributed by atoms with Crippen molar-refractivity contribution in [3.8, 4) is 0 Å². The fourth-order valence-corrected chi connectivity index (χ4v) is 2.67. The van der Waals surface area contributed by atoms with Crippen LogP contribution in [0.5, 0.6) is 0 Å². The number of benzene rings is 1. The van der Waals surface area contributed by atoms with Crippen molar-refractivity contribution in [2.75, 3.05) is 20.3 Å². The van der Waals surface area contributed by atoms with Crippen molar-refractivity contribution in [3.05, 3.63) is 35.9 Å². The van der Waals surface area contributed by atoms with E-state index >= 15 is 0 Å². The van der Waals surface area contributed by atoms with E-state index in [9.17, 15) is 9.59 Å². The molecule has 0 spiro atoms. The van der Waals surface area contributed by atoms with Gasteiger partial charge in [-0.25, -0.2) is 0 Å². The van der Waals surface area contributed by atoms with Gasteiger partial charge in [0.05, 0.1) is 18.4 Å². The van der Waals surface area contributed by atoms with Crippen molar-refractivity contribution in [1.29, 1.82) is 0 Å². The first-order chi connectivity index (χ1) is 11.0. The number of amides is 2. The van der Waals surface area contributed by atoms with Crippen molar-refractivity contribution in [2.45, 2.75) is 32.9 Å². The van der Waals surface area contributed by atoms with Crippen molar-refractivity contribution >= 4 is 11.8 Å². The summed E-state index contributed by atoms with van der Waals surface area (Å²) in [6.45, 7) is 5.59. The number of rotatable bonds is 8. The predicted octanol–water partition coefficient (Wildman–Crippen LogP) is 1.82. The van der Waals surface area contributed by atoms with E-state index in [4.69, 9.17) is 4.74 Å². The third-order valence-electron chi connectivity index (χ3n) is 4.15. The van der Waals surface area contributed by atoms with Crippen LogP contribution in [-0.4, -0.2) is 43.0 Å². The standard InChI is InChI=1S/C18H26N2O3/c1-13(2)20(12-14-7-5-4-6-8-14)18(22)16-11-15(16)17(21)19-9-10-23-3/h4-8,13,15-16H,9-12H2,1-3H3,(H,19,21). The van der Waals surface area contributed by atoms with Crippen LogP contribution >= 0.6 is 0 Å². The van der Waals surface area contributed by atoms with Gasteiger partial charge in [-0.05, 0) is 25.8 Å². The Morgan fingerprint density at radius 3 is 2.57 bits per heavy atom. The largest absolute Gasteiger partial charge is 0.383 e. The normalized spacial score (nSPS) is 19.5. The van der Waals surface area contributed by atoms with E-state index < -0.39 is 0 Å². The van der Waals surface area contributed by atoms with Crippen LogP contribution in [0.4, 0.5) is 0 Å². The highest BCUT2D eigenvalue weighted by atomic mass is 16.5. The van der Waals surface area contributed by atoms with Gasteiger partial charge in [-0.3, -0.25) is 9.59 Å². The maximum atomic E-state index is 12.7. The van der Waals surface area contributed by atoms with E-state index in [2.05, 4.69) is 5.32 Å². The Hall–Kier alpha value is -1.88. The first kappa shape index (κ1) is 17.5. The van der Waals surface area contributed by atoms with Gasteiger partial charge in [0.25, 0.3) is 0 Å². The van der Waals surface area contributed by atoms with Gasteiger partial charge in [0.1, 0.15) is 0 Å². The number of hydrogen-bond acceptors (Lipinski definition) is 3. The molecule has 2 amide bonds. The van der Waals surface area contributed by atoms with Crippen LogP contribution in [0.15, 0.2) is 30.3 Å². The van der Waals surface area contributed by atoms with E-state index in [0.29, 0.717) is 26.1 Å². The van der Waals surface area contributed by atoms with Gasteiger partial charge in [-0.1, -0.05) is 30.3 Å². The average Bonchev–Trinajstić information content (AvgIpc) is 3.33. The lowest BCUT2D eigenvalue weighted by molar-refractivity contribution is -0.136. The zero-order chi connectivity index (χ0) is 16.8. The molecule has 0 radical (unpaired) electrons. The van der Waals surface area contributed by atoms with Crippen LogP contribution in [0, 0.1) is 11.8 Å². The van der Waals surface area contributed by atoms with Gasteiger partial charge in [-0.15, -0.1) is 0 Å². The first-order valence-electron chi connectivity index (χ1n) is 8.15. The van der Waals surface area contributed by atoms with Gasteiger partial charge >= 0.3 is 0 Å². The van der Waals surface area contributed by atoms with Crippen LogP contribution in [0.25, 0.3) is 0 Å². The zero-order valence-corrected chi connectivity index (χ0v) is 14.1. The highest BCUT2D eigenvalue weighted by Crippen LogP contribution is 2.40. The molecule has 1 aliphatic carbocycles. The van der Waals surface area contributed by atoms with Crippen LogP contribution in [0.3, 0.4) is 0 Å². The van der Waals surface area contributed by atoms with E-state index in [1.165, 1.54) is 0 Å². The molecule has 1 N–H and O–H groups in total. The molecule has 5 heteroatoms. The minimum absolute atomic E-state index is 0.0381. The van der Waals surface area contributed by atoms with Crippen molar-refractivity contribution in [2.24, 2.45) is 11.8 Å². The van der Waals surface area contributed by atoms with Gasteiger partial charge in [0.15, 0.2) is 0 Å². The monoisotopic (exact) mass is 318 g/mol. The molecule has 0 aromatic heterocycles. The molecular formula is C18H26N2O3. The molecule has 1 saturated carbocycles. The Balaban J connectivity index is 1.91. The summed E-state index contributed by atoms with van der Waals surface area (Å²) in [5.41, 5.74) is 1.11. The molecule has 2 atom stereocenters. The summed E-state index contributed by atoms with van der Waals surface area (Å²) >= 11 is 0. The molecule has 126 valence electrons. The number of ether oxygens (including phenoxy) is 1. The fraction of sp³-hybridized carbons (Fsp3) is 0.556. The third kappa shape index (κ3) is 4.79. The Labute approximate surface area is 138 Å². The molecule has 23 heavy (non-hydrogen) atoms. The summed E-state index contributed by atoms with van der Waals surface area (Å²) in [5, 5.41) is 2.81. The van der Waals surface area contributed by atoms with E-state index in [0.717, 1.165) is 5.56 Å². The van der Waals surface area contributed by atoms with Gasteiger partial charge in [0.2, 0.25) is 11.8 Å². The molecule has 2 unspecified atom stereocenters. The molecule has 1 aromatic rings. The SMILES string of the molecule is COCCNC(=O)C1CC1C(=O)N(Cc1ccccc1)C(C)C. The summed E-state index contributed by atoms with van der Waals surface area (Å²) in [4.78, 5) is 26.6. The molecule has 0 aliphatic heterocycles. The number of methoxy groups -OCH3 is 1. The summed E-state index contributed by atoms with van der Waals surface area (Å²) in [5.74, 6) is -0.320. The lowest BCUT2D eigenvalue weighted by atomic mass is 10.1. The molecule has 1 aromatic carbocycles. The zero-order valence-electron chi connectivity index (χ0n) is 14.1. The van der Waals surface area contributed by atoms with Crippen LogP contribution in [-0.2, 0) is 20.9 Å². The number of nitrogens with zero attached hydrogens (tertiary/aromatic N) is 1. The second-order valence-corrected chi connectivity index (χ2v) is 6.28. The summed E-state index contributed by atoms with van der Waals surface area (Å²) < 4.78 is 4.91. The quantitative estimate of drug-likeness (QED) is 0.744. The molecular weight excluding hydrogens is 292 g/mol. The van der Waals surface area contributed by atoms with E-state index in [-0.39, 0.29) is 29.7 Å². The Morgan fingerprint density at radius 2 is 1.96 bits per heavy atom. The smallest absolute Gasteiger partial charge is 0.227 e. The highest BCUT2D eigenvalue weighted by Gasteiger charge is 2.49. The second kappa shape index (κ2) is 8.11. The highest BCUT2D eigenvalue weighted by molar-refractivity contribution is 5.92. The molecule has 1 fully saturated rings. The molecule has 0 bridgehead atoms. The van der Waals surface area contributed by atoms with Crippen LogP contribution < -0.4 is 5.32 Å². The lowest BCUT2D eigenvalue weighted by Crippen LogP contribution is -2.38. The van der Waals surface area contributed by atoms with Gasteiger partial charge in [0, 0.05) is 26.2 Å². The number of carbonyl (C=O) groups is 2. The van der Waals surface area contributed by atoms with Crippen molar-refractivity contribution < 1.29 is 14.3 Å². The predicted molar refractivity (Wildman–Crippen MR) is 88.6 cm³/mol. The first-order valence-corrected chi connectivity index (χ1v) is 8.15. The maximum Gasteiger partial charge on any atom is 0.227 e. The van der Waals surface area contributed by atoms with Crippen LogP contribution in [0.2, 0.25) is 0 Å². The van der Waals surface area contributed by atoms with E-state index in [1.54, 1.807) is 7.11 Å². The Bertz CT molecular complexity index is 530. The molecule has 0 heterocycles. The topological polar surface area (TPSA) is 58.6 Å². The minimum atomic E-state index is -0.184. The number of hydrogen-bond donors (Lipinski definition) is 1. The molecule has 5 nitrogen and oxygen atoms in total. The summed E-state index contributed by atoms with van der Waals surface area (Å²) in [7, 11) is 1.60. The minimum Gasteiger partial charge on any atom is -0.383 e. The maximum absolute atomic E-state index is 12.7. The van der Waals surface area contributed by atoms with Crippen LogP contribution in [0.1, 0.15) is 25.8 Å². The van der Waals surface area contributed by atoms with Gasteiger partial charge < -0.3 is 15.0 Å². The van der Waals surface area contributed by atoms with E-state index in [1.807, 2.05) is 49.1 Å².